The first kappa shape index (κ1) is 20.1. The van der Waals surface area contributed by atoms with Gasteiger partial charge in [-0.05, 0) is 31.2 Å². The largest absolute Gasteiger partial charge is 0.497 e. The number of thioether (sulfide) groups is 1. The molecule has 0 aliphatic carbocycles. The van der Waals surface area contributed by atoms with Crippen LogP contribution in [0.5, 0.6) is 5.75 Å². The van der Waals surface area contributed by atoms with E-state index in [1.807, 2.05) is 12.3 Å². The number of aromatic nitrogens is 1. The van der Waals surface area contributed by atoms with E-state index in [2.05, 4.69) is 10.3 Å². The topological polar surface area (TPSA) is 88.6 Å². The Morgan fingerprint density at radius 3 is 2.74 bits per heavy atom. The van der Waals surface area contributed by atoms with E-state index in [1.165, 1.54) is 35.3 Å². The molecule has 1 amide bonds. The van der Waals surface area contributed by atoms with Gasteiger partial charge in [0.1, 0.15) is 11.8 Å². The van der Waals surface area contributed by atoms with E-state index in [0.29, 0.717) is 24.5 Å². The van der Waals surface area contributed by atoms with Gasteiger partial charge in [-0.2, -0.15) is 4.31 Å². The third-order valence-corrected chi connectivity index (χ3v) is 8.02. The van der Waals surface area contributed by atoms with Crippen molar-refractivity contribution in [2.24, 2.45) is 0 Å². The Labute approximate surface area is 167 Å². The maximum Gasteiger partial charge on any atom is 0.244 e. The van der Waals surface area contributed by atoms with Crippen LogP contribution in [-0.4, -0.2) is 54.9 Å². The van der Waals surface area contributed by atoms with Crippen molar-refractivity contribution in [3.05, 3.63) is 40.3 Å². The molecule has 2 aromatic rings. The van der Waals surface area contributed by atoms with Gasteiger partial charge in [0.05, 0.1) is 28.6 Å². The van der Waals surface area contributed by atoms with Crippen LogP contribution < -0.4 is 10.1 Å². The van der Waals surface area contributed by atoms with Crippen molar-refractivity contribution in [2.45, 2.75) is 24.3 Å². The molecule has 1 fully saturated rings. The summed E-state index contributed by atoms with van der Waals surface area (Å²) in [6.07, 6.45) is 0.626. The molecule has 1 aliphatic rings. The van der Waals surface area contributed by atoms with Crippen LogP contribution in [0, 0.1) is 6.92 Å². The number of hydrogen-bond acceptors (Lipinski definition) is 7. The molecule has 2 heterocycles. The number of thiazole rings is 1. The van der Waals surface area contributed by atoms with Crippen LogP contribution in [0.4, 0.5) is 0 Å². The average Bonchev–Trinajstić information content (AvgIpc) is 3.31. The molecule has 0 bridgehead atoms. The number of carbonyl (C=O) groups is 1. The number of nitrogens with one attached hydrogen (secondary N) is 1. The van der Waals surface area contributed by atoms with E-state index >= 15 is 0 Å². The Bertz CT molecular complexity index is 896. The van der Waals surface area contributed by atoms with Crippen molar-refractivity contribution in [3.63, 3.8) is 0 Å². The molecule has 1 saturated heterocycles. The third kappa shape index (κ3) is 4.63. The lowest BCUT2D eigenvalue weighted by molar-refractivity contribution is -0.123. The molecular formula is C17H21N3O4S3. The molecule has 1 aromatic heterocycles. The molecule has 3 rings (SSSR count). The molecular weight excluding hydrogens is 406 g/mol. The zero-order valence-electron chi connectivity index (χ0n) is 15.0. The number of nitrogens with zero attached hydrogens (tertiary/aromatic N) is 2. The SMILES string of the molecule is COc1ccc(S(=O)(=O)N2CSC[C@@H]2C(=O)NCCc2csc(C)n2)cc1. The highest BCUT2D eigenvalue weighted by molar-refractivity contribution is 8.00. The fourth-order valence-corrected chi connectivity index (χ4v) is 6.50. The highest BCUT2D eigenvalue weighted by Crippen LogP contribution is 2.29. The summed E-state index contributed by atoms with van der Waals surface area (Å²) in [7, 11) is -2.22. The van der Waals surface area contributed by atoms with Gasteiger partial charge in [-0.3, -0.25) is 4.79 Å². The Morgan fingerprint density at radius 1 is 1.37 bits per heavy atom. The fourth-order valence-electron chi connectivity index (χ4n) is 2.71. The van der Waals surface area contributed by atoms with Crippen LogP contribution in [0.2, 0.25) is 0 Å². The van der Waals surface area contributed by atoms with Gasteiger partial charge in [-0.15, -0.1) is 23.1 Å². The number of sulfonamides is 1. The van der Waals surface area contributed by atoms with Crippen molar-refractivity contribution in [3.8, 4) is 5.75 Å². The number of methoxy groups -OCH3 is 1. The van der Waals surface area contributed by atoms with Crippen LogP contribution in [0.1, 0.15) is 10.7 Å². The lowest BCUT2D eigenvalue weighted by Crippen LogP contribution is -2.47. The van der Waals surface area contributed by atoms with Crippen LogP contribution in [0.25, 0.3) is 0 Å². The molecule has 1 atom stereocenters. The number of carbonyl (C=O) groups excluding carboxylic acids is 1. The summed E-state index contributed by atoms with van der Waals surface area (Å²) in [6, 6.07) is 5.48. The number of amides is 1. The lowest BCUT2D eigenvalue weighted by Gasteiger charge is -2.22. The number of ether oxygens (including phenoxy) is 1. The summed E-state index contributed by atoms with van der Waals surface area (Å²) in [6.45, 7) is 2.37. The van der Waals surface area contributed by atoms with E-state index in [1.54, 1.807) is 23.5 Å². The Morgan fingerprint density at radius 2 is 2.11 bits per heavy atom. The number of benzene rings is 1. The molecule has 10 heteroatoms. The van der Waals surface area contributed by atoms with Gasteiger partial charge >= 0.3 is 0 Å². The molecule has 7 nitrogen and oxygen atoms in total. The minimum Gasteiger partial charge on any atom is -0.497 e. The van der Waals surface area contributed by atoms with Crippen molar-refractivity contribution >= 4 is 39.0 Å². The van der Waals surface area contributed by atoms with E-state index < -0.39 is 16.1 Å². The Kier molecular flexibility index (Phi) is 6.40. The molecule has 0 saturated carbocycles. The summed E-state index contributed by atoms with van der Waals surface area (Å²) in [5.41, 5.74) is 0.932. The summed E-state index contributed by atoms with van der Waals surface area (Å²) in [4.78, 5) is 17.1. The zero-order valence-corrected chi connectivity index (χ0v) is 17.5. The number of aryl methyl sites for hydroxylation is 1. The molecule has 1 N–H and O–H groups in total. The first-order chi connectivity index (χ1) is 12.9. The maximum atomic E-state index is 12.9. The predicted molar refractivity (Wildman–Crippen MR) is 107 cm³/mol. The van der Waals surface area contributed by atoms with E-state index in [4.69, 9.17) is 4.74 Å². The minimum atomic E-state index is -3.75. The first-order valence-corrected chi connectivity index (χ1v) is 11.8. The van der Waals surface area contributed by atoms with E-state index in [9.17, 15) is 13.2 Å². The smallest absolute Gasteiger partial charge is 0.244 e. The molecule has 1 aliphatic heterocycles. The zero-order chi connectivity index (χ0) is 19.4. The van der Waals surface area contributed by atoms with Crippen LogP contribution >= 0.6 is 23.1 Å². The van der Waals surface area contributed by atoms with E-state index in [-0.39, 0.29) is 16.7 Å². The molecule has 0 radical (unpaired) electrons. The Balaban J connectivity index is 1.65. The summed E-state index contributed by atoms with van der Waals surface area (Å²) < 4.78 is 32.2. The highest BCUT2D eigenvalue weighted by atomic mass is 32.2. The quantitative estimate of drug-likeness (QED) is 0.726. The molecule has 1 aromatic carbocycles. The summed E-state index contributed by atoms with van der Waals surface area (Å²) >= 11 is 3.00. The Hall–Kier alpha value is -1.62. The monoisotopic (exact) mass is 427 g/mol. The molecule has 0 unspecified atom stereocenters. The van der Waals surface area contributed by atoms with Gasteiger partial charge in [0.2, 0.25) is 15.9 Å². The van der Waals surface area contributed by atoms with Gasteiger partial charge in [0, 0.05) is 24.1 Å². The van der Waals surface area contributed by atoms with Crippen molar-refractivity contribution < 1.29 is 17.9 Å². The van der Waals surface area contributed by atoms with Crippen LogP contribution in [0.15, 0.2) is 34.5 Å². The van der Waals surface area contributed by atoms with Gasteiger partial charge in [-0.1, -0.05) is 0 Å². The standard InChI is InChI=1S/C17H21N3O4S3/c1-12-19-13(9-26-12)7-8-18-17(21)16-10-25-11-20(16)27(22,23)15-5-3-14(24-2)4-6-15/h3-6,9,16H,7-8,10-11H2,1-2H3,(H,18,21)/t16-/m1/s1. The molecule has 146 valence electrons. The van der Waals surface area contributed by atoms with Crippen molar-refractivity contribution in [2.75, 3.05) is 25.3 Å². The van der Waals surface area contributed by atoms with Gasteiger partial charge in [0.25, 0.3) is 0 Å². The van der Waals surface area contributed by atoms with Crippen LogP contribution in [-0.2, 0) is 21.2 Å². The third-order valence-electron chi connectivity index (χ3n) is 4.16. The normalized spacial score (nSPS) is 17.8. The maximum absolute atomic E-state index is 12.9. The second-order valence-corrected chi connectivity index (χ2v) is 9.93. The number of rotatable bonds is 7. The summed E-state index contributed by atoms with van der Waals surface area (Å²) in [5.74, 6) is 1.01. The number of hydrogen-bond donors (Lipinski definition) is 1. The minimum absolute atomic E-state index is 0.154. The predicted octanol–water partition coefficient (Wildman–Crippen LogP) is 1.88. The van der Waals surface area contributed by atoms with Crippen molar-refractivity contribution in [1.82, 2.24) is 14.6 Å². The fraction of sp³-hybridized carbons (Fsp3) is 0.412. The van der Waals surface area contributed by atoms with Crippen LogP contribution in [0.3, 0.4) is 0 Å². The molecule has 0 spiro atoms. The first-order valence-electron chi connectivity index (χ1n) is 8.34. The second kappa shape index (κ2) is 8.59. The summed E-state index contributed by atoms with van der Waals surface area (Å²) in [5, 5.41) is 5.79. The van der Waals surface area contributed by atoms with Crippen molar-refractivity contribution in [1.29, 1.82) is 0 Å². The highest BCUT2D eigenvalue weighted by Gasteiger charge is 2.39. The van der Waals surface area contributed by atoms with Gasteiger partial charge in [0.15, 0.2) is 0 Å². The van der Waals surface area contributed by atoms with Gasteiger partial charge in [-0.25, -0.2) is 13.4 Å². The average molecular weight is 428 g/mol. The van der Waals surface area contributed by atoms with E-state index in [0.717, 1.165) is 10.7 Å². The van der Waals surface area contributed by atoms with Gasteiger partial charge < -0.3 is 10.1 Å². The lowest BCUT2D eigenvalue weighted by atomic mass is 10.3. The molecule has 27 heavy (non-hydrogen) atoms. The second-order valence-electron chi connectivity index (χ2n) is 5.98.